The van der Waals surface area contributed by atoms with Gasteiger partial charge < -0.3 is 10.1 Å². The summed E-state index contributed by atoms with van der Waals surface area (Å²) in [4.78, 5) is 38.5. The van der Waals surface area contributed by atoms with Crippen molar-refractivity contribution in [3.8, 4) is 0 Å². The normalized spacial score (nSPS) is 15.5. The number of nitrogens with zero attached hydrogens (tertiary/aromatic N) is 1. The summed E-state index contributed by atoms with van der Waals surface area (Å²) >= 11 is 0. The molecule has 1 N–H and O–H groups in total. The molecule has 32 heavy (non-hydrogen) atoms. The molecule has 0 spiro atoms. The van der Waals surface area contributed by atoms with Gasteiger partial charge in [-0.3, -0.25) is 9.59 Å². The van der Waals surface area contributed by atoms with Crippen LogP contribution >= 0.6 is 0 Å². The number of hydrogen-bond acceptors (Lipinski definition) is 4. The summed E-state index contributed by atoms with van der Waals surface area (Å²) < 4.78 is 4.84. The van der Waals surface area contributed by atoms with Crippen molar-refractivity contribution in [1.82, 2.24) is 10.2 Å². The molecule has 2 aromatic carbocycles. The van der Waals surface area contributed by atoms with Gasteiger partial charge in [-0.1, -0.05) is 77.9 Å². The molecule has 0 aliphatic carbocycles. The van der Waals surface area contributed by atoms with Crippen LogP contribution in [0.1, 0.15) is 74.6 Å². The predicted octanol–water partition coefficient (Wildman–Crippen LogP) is 4.73. The quantitative estimate of drug-likeness (QED) is 0.735. The van der Waals surface area contributed by atoms with Crippen LogP contribution in [-0.2, 0) is 20.4 Å². The van der Waals surface area contributed by atoms with Crippen molar-refractivity contribution >= 4 is 17.9 Å². The Labute approximate surface area is 189 Å². The summed E-state index contributed by atoms with van der Waals surface area (Å²) in [6, 6.07) is 14.8. The van der Waals surface area contributed by atoms with Crippen LogP contribution < -0.4 is 5.32 Å². The first-order valence-corrected chi connectivity index (χ1v) is 10.9. The van der Waals surface area contributed by atoms with E-state index in [4.69, 9.17) is 4.74 Å². The maximum atomic E-state index is 13.4. The fourth-order valence-corrected chi connectivity index (χ4v) is 3.53. The van der Waals surface area contributed by atoms with Gasteiger partial charge in [0.25, 0.3) is 11.8 Å². The number of carbonyl (C=O) groups is 3. The molecule has 6 heteroatoms. The maximum Gasteiger partial charge on any atom is 0.417 e. The van der Waals surface area contributed by atoms with E-state index in [9.17, 15) is 14.4 Å². The smallest absolute Gasteiger partial charge is 0.417 e. The van der Waals surface area contributed by atoms with Crippen molar-refractivity contribution in [3.05, 3.63) is 70.8 Å². The molecule has 1 heterocycles. The fourth-order valence-electron chi connectivity index (χ4n) is 3.53. The average Bonchev–Trinajstić information content (AvgIpc) is 3.04. The van der Waals surface area contributed by atoms with Crippen molar-refractivity contribution < 1.29 is 19.1 Å². The molecule has 3 rings (SSSR count). The molecule has 1 aliphatic rings. The third-order valence-corrected chi connectivity index (χ3v) is 5.64. The zero-order valence-electron chi connectivity index (χ0n) is 19.7. The van der Waals surface area contributed by atoms with E-state index in [0.29, 0.717) is 5.56 Å². The number of nitrogens with one attached hydrogen (secondary N) is 1. The first kappa shape index (κ1) is 23.5. The van der Waals surface area contributed by atoms with Gasteiger partial charge in [0.2, 0.25) is 0 Å². The monoisotopic (exact) mass is 436 g/mol. The summed E-state index contributed by atoms with van der Waals surface area (Å²) in [5, 5.41) is 3.03. The molecule has 170 valence electrons. The van der Waals surface area contributed by atoms with Gasteiger partial charge in [-0.2, -0.15) is 0 Å². The highest BCUT2D eigenvalue weighted by atomic mass is 16.6. The Kier molecular flexibility index (Phi) is 6.44. The topological polar surface area (TPSA) is 75.7 Å². The number of carbonyl (C=O) groups excluding carboxylic acids is 3. The first-order chi connectivity index (χ1) is 14.9. The second kappa shape index (κ2) is 8.77. The van der Waals surface area contributed by atoms with Gasteiger partial charge in [-0.05, 0) is 39.7 Å². The van der Waals surface area contributed by atoms with Crippen LogP contribution in [0.15, 0.2) is 48.5 Å². The van der Waals surface area contributed by atoms with E-state index in [2.05, 4.69) is 52.9 Å². The Morgan fingerprint density at radius 3 is 2.00 bits per heavy atom. The molecule has 3 amide bonds. The molecular formula is C26H32N2O4. The lowest BCUT2D eigenvalue weighted by Gasteiger charge is -2.27. The molecule has 2 aromatic rings. The van der Waals surface area contributed by atoms with E-state index in [1.165, 1.54) is 0 Å². The third kappa shape index (κ3) is 5.36. The maximum absolute atomic E-state index is 13.4. The lowest BCUT2D eigenvalue weighted by Crippen LogP contribution is -2.40. The van der Waals surface area contributed by atoms with E-state index in [1.54, 1.807) is 0 Å². The summed E-state index contributed by atoms with van der Waals surface area (Å²) in [5.41, 5.74) is 3.26. The van der Waals surface area contributed by atoms with Crippen LogP contribution in [0.4, 0.5) is 4.79 Å². The highest BCUT2D eigenvalue weighted by molar-refractivity contribution is 5.98. The number of hydrogen-bond donors (Lipinski definition) is 1. The van der Waals surface area contributed by atoms with E-state index >= 15 is 0 Å². The van der Waals surface area contributed by atoms with Gasteiger partial charge in [-0.25, -0.2) is 9.69 Å². The number of ether oxygens (including phenoxy) is 1. The molecule has 1 saturated heterocycles. The first-order valence-electron chi connectivity index (χ1n) is 10.9. The van der Waals surface area contributed by atoms with Crippen LogP contribution in [0.25, 0.3) is 0 Å². The number of imide groups is 1. The minimum absolute atomic E-state index is 0.0124. The summed E-state index contributed by atoms with van der Waals surface area (Å²) in [7, 11) is 0. The van der Waals surface area contributed by atoms with Crippen LogP contribution in [0.3, 0.4) is 0 Å². The Morgan fingerprint density at radius 1 is 0.969 bits per heavy atom. The van der Waals surface area contributed by atoms with Crippen LogP contribution in [-0.4, -0.2) is 36.0 Å². The third-order valence-electron chi connectivity index (χ3n) is 5.64. The Balaban J connectivity index is 1.95. The van der Waals surface area contributed by atoms with Gasteiger partial charge in [0.15, 0.2) is 6.61 Å². The fraction of sp³-hybridized carbons (Fsp3) is 0.423. The van der Waals surface area contributed by atoms with Crippen LogP contribution in [0, 0.1) is 0 Å². The molecule has 0 bridgehead atoms. The molecule has 0 saturated carbocycles. The Bertz CT molecular complexity index is 968. The van der Waals surface area contributed by atoms with Crippen LogP contribution in [0.5, 0.6) is 0 Å². The molecule has 1 aliphatic heterocycles. The molecule has 1 atom stereocenters. The van der Waals surface area contributed by atoms with Crippen molar-refractivity contribution in [2.24, 2.45) is 0 Å². The summed E-state index contributed by atoms with van der Waals surface area (Å²) in [6.07, 6.45) is -0.685. The Hall–Kier alpha value is -3.15. The van der Waals surface area contributed by atoms with Gasteiger partial charge >= 0.3 is 6.09 Å². The van der Waals surface area contributed by atoms with Gasteiger partial charge in [-0.15, -0.1) is 0 Å². The highest BCUT2D eigenvalue weighted by Crippen LogP contribution is 2.30. The summed E-state index contributed by atoms with van der Waals surface area (Å²) in [6.45, 7) is 12.5. The molecule has 1 unspecified atom stereocenters. The van der Waals surface area contributed by atoms with Crippen LogP contribution in [0.2, 0.25) is 0 Å². The number of rotatable bonds is 5. The zero-order valence-corrected chi connectivity index (χ0v) is 19.7. The summed E-state index contributed by atoms with van der Waals surface area (Å²) in [5.74, 6) is -0.662. The molecular weight excluding hydrogens is 404 g/mol. The lowest BCUT2D eigenvalue weighted by atomic mass is 9.79. The largest absolute Gasteiger partial charge is 0.439 e. The van der Waals surface area contributed by atoms with Gasteiger partial charge in [0.05, 0.1) is 12.6 Å². The van der Waals surface area contributed by atoms with Crippen molar-refractivity contribution in [2.45, 2.75) is 58.4 Å². The minimum atomic E-state index is -0.685. The van der Waals surface area contributed by atoms with E-state index in [1.807, 2.05) is 42.5 Å². The van der Waals surface area contributed by atoms with E-state index < -0.39 is 18.0 Å². The highest BCUT2D eigenvalue weighted by Gasteiger charge is 2.34. The molecule has 0 aromatic heterocycles. The Morgan fingerprint density at radius 2 is 1.53 bits per heavy atom. The van der Waals surface area contributed by atoms with Crippen molar-refractivity contribution in [1.29, 1.82) is 0 Å². The predicted molar refractivity (Wildman–Crippen MR) is 124 cm³/mol. The van der Waals surface area contributed by atoms with E-state index in [-0.39, 0.29) is 29.9 Å². The number of cyclic esters (lactones) is 1. The number of benzene rings is 2. The van der Waals surface area contributed by atoms with Gasteiger partial charge in [0.1, 0.15) is 0 Å². The standard InChI is InChI=1S/C26H32N2O4/c1-25(2,3)19-12-18(13-20(14-19)26(4,5)6)23(30)27-21(17-10-8-7-9-11-17)15-28-22(29)16-32-24(28)31/h7-14,21H,15-16H2,1-6H3,(H,27,30). The lowest BCUT2D eigenvalue weighted by molar-refractivity contribution is -0.126. The zero-order chi connectivity index (χ0) is 23.7. The molecule has 0 radical (unpaired) electrons. The van der Waals surface area contributed by atoms with Gasteiger partial charge in [0, 0.05) is 5.56 Å². The second-order valence-corrected chi connectivity index (χ2v) is 10.3. The molecule has 1 fully saturated rings. The van der Waals surface area contributed by atoms with E-state index in [0.717, 1.165) is 21.6 Å². The second-order valence-electron chi connectivity index (χ2n) is 10.3. The minimum Gasteiger partial charge on any atom is -0.439 e. The SMILES string of the molecule is CC(C)(C)c1cc(C(=O)NC(CN2C(=O)COC2=O)c2ccccc2)cc(C(C)(C)C)c1. The average molecular weight is 437 g/mol. The van der Waals surface area contributed by atoms with Crippen molar-refractivity contribution in [2.75, 3.05) is 13.2 Å². The van der Waals surface area contributed by atoms with Crippen molar-refractivity contribution in [3.63, 3.8) is 0 Å². The molecule has 6 nitrogen and oxygen atoms in total. The number of amides is 3.